The van der Waals surface area contributed by atoms with Crippen molar-refractivity contribution in [2.75, 3.05) is 12.4 Å². The molecule has 2 nitrogen and oxygen atoms in total. The highest BCUT2D eigenvalue weighted by Gasteiger charge is 2.23. The minimum atomic E-state index is 0.472. The Bertz CT molecular complexity index is 363. The van der Waals surface area contributed by atoms with Crippen LogP contribution in [0, 0.1) is 5.92 Å². The summed E-state index contributed by atoms with van der Waals surface area (Å²) >= 11 is 6.07. The number of methoxy groups -OCH3 is 1. The Morgan fingerprint density at radius 3 is 2.88 bits per heavy atom. The first-order valence-corrected chi connectivity index (χ1v) is 6.17. The van der Waals surface area contributed by atoms with Crippen LogP contribution < -0.4 is 10.1 Å². The zero-order valence-electron chi connectivity index (χ0n) is 9.79. The standard InChI is InChI=1S/C13H18ClNO/c1-9(8-10-6-7-10)15-12-5-3-4-11(14)13(12)16-2/h3-5,9-10,15H,6-8H2,1-2H3. The van der Waals surface area contributed by atoms with E-state index in [2.05, 4.69) is 12.2 Å². The molecule has 1 unspecified atom stereocenters. The van der Waals surface area contributed by atoms with Gasteiger partial charge in [-0.2, -0.15) is 0 Å². The third kappa shape index (κ3) is 2.82. The molecule has 1 fully saturated rings. The molecule has 3 heteroatoms. The van der Waals surface area contributed by atoms with Crippen LogP contribution in [0.5, 0.6) is 5.75 Å². The van der Waals surface area contributed by atoms with Gasteiger partial charge in [0, 0.05) is 6.04 Å². The molecule has 1 aliphatic carbocycles. The molecule has 1 saturated carbocycles. The number of para-hydroxylation sites is 1. The molecule has 2 rings (SSSR count). The summed E-state index contributed by atoms with van der Waals surface area (Å²) in [5.41, 5.74) is 0.989. The summed E-state index contributed by atoms with van der Waals surface area (Å²) in [7, 11) is 1.65. The molecular weight excluding hydrogens is 222 g/mol. The Balaban J connectivity index is 2.04. The number of halogens is 1. The molecule has 0 spiro atoms. The number of anilines is 1. The number of ether oxygens (including phenoxy) is 1. The van der Waals surface area contributed by atoms with E-state index in [1.54, 1.807) is 7.11 Å². The molecule has 1 N–H and O–H groups in total. The zero-order valence-corrected chi connectivity index (χ0v) is 10.6. The van der Waals surface area contributed by atoms with Gasteiger partial charge in [-0.3, -0.25) is 0 Å². The second-order valence-corrected chi connectivity index (χ2v) is 4.95. The molecule has 0 heterocycles. The molecule has 0 saturated heterocycles. The lowest BCUT2D eigenvalue weighted by molar-refractivity contribution is 0.416. The summed E-state index contributed by atoms with van der Waals surface area (Å²) in [4.78, 5) is 0. The van der Waals surface area contributed by atoms with E-state index < -0.39 is 0 Å². The summed E-state index contributed by atoms with van der Waals surface area (Å²) in [6.45, 7) is 2.21. The van der Waals surface area contributed by atoms with Crippen LogP contribution in [0.4, 0.5) is 5.69 Å². The van der Waals surface area contributed by atoms with Gasteiger partial charge in [0.15, 0.2) is 5.75 Å². The minimum Gasteiger partial charge on any atom is -0.493 e. The Hall–Kier alpha value is -0.890. The van der Waals surface area contributed by atoms with E-state index in [4.69, 9.17) is 16.3 Å². The summed E-state index contributed by atoms with van der Waals surface area (Å²) in [5, 5.41) is 4.12. The molecule has 0 radical (unpaired) electrons. The predicted molar refractivity (Wildman–Crippen MR) is 68.4 cm³/mol. The number of benzene rings is 1. The van der Waals surface area contributed by atoms with Crippen LogP contribution in [0.2, 0.25) is 5.02 Å². The summed E-state index contributed by atoms with van der Waals surface area (Å²) in [6, 6.07) is 6.27. The molecule has 1 aromatic carbocycles. The zero-order chi connectivity index (χ0) is 11.5. The fraction of sp³-hybridized carbons (Fsp3) is 0.538. The second kappa shape index (κ2) is 4.96. The van der Waals surface area contributed by atoms with Gasteiger partial charge in [0.1, 0.15) is 0 Å². The molecule has 0 bridgehead atoms. The largest absolute Gasteiger partial charge is 0.493 e. The molecule has 16 heavy (non-hydrogen) atoms. The first-order valence-electron chi connectivity index (χ1n) is 5.79. The molecule has 1 aromatic rings. The number of nitrogens with one attached hydrogen (secondary N) is 1. The Morgan fingerprint density at radius 2 is 2.25 bits per heavy atom. The van der Waals surface area contributed by atoms with Gasteiger partial charge in [0.2, 0.25) is 0 Å². The van der Waals surface area contributed by atoms with Gasteiger partial charge in [-0.1, -0.05) is 30.5 Å². The van der Waals surface area contributed by atoms with Crippen molar-refractivity contribution in [3.05, 3.63) is 23.2 Å². The molecular formula is C13H18ClNO. The highest BCUT2D eigenvalue weighted by Crippen LogP contribution is 2.36. The Morgan fingerprint density at radius 1 is 1.50 bits per heavy atom. The normalized spacial score (nSPS) is 16.9. The smallest absolute Gasteiger partial charge is 0.160 e. The van der Waals surface area contributed by atoms with Gasteiger partial charge in [-0.05, 0) is 31.4 Å². The van der Waals surface area contributed by atoms with Gasteiger partial charge < -0.3 is 10.1 Å². The predicted octanol–water partition coefficient (Wildman–Crippen LogP) is 3.95. The maximum absolute atomic E-state index is 6.07. The SMILES string of the molecule is COc1c(Cl)cccc1NC(C)CC1CC1. The van der Waals surface area contributed by atoms with Crippen LogP contribution in [0.25, 0.3) is 0 Å². The van der Waals surface area contributed by atoms with Crippen LogP contribution in [0.3, 0.4) is 0 Å². The highest BCUT2D eigenvalue weighted by atomic mass is 35.5. The van der Waals surface area contributed by atoms with Crippen molar-refractivity contribution in [2.45, 2.75) is 32.2 Å². The Kier molecular flexibility index (Phi) is 3.59. The molecule has 0 aromatic heterocycles. The van der Waals surface area contributed by atoms with Gasteiger partial charge in [0.05, 0.1) is 17.8 Å². The second-order valence-electron chi connectivity index (χ2n) is 4.55. The fourth-order valence-electron chi connectivity index (χ4n) is 2.01. The van der Waals surface area contributed by atoms with Crippen molar-refractivity contribution < 1.29 is 4.74 Å². The van der Waals surface area contributed by atoms with Gasteiger partial charge >= 0.3 is 0 Å². The van der Waals surface area contributed by atoms with Crippen molar-refractivity contribution in [3.63, 3.8) is 0 Å². The van der Waals surface area contributed by atoms with Crippen molar-refractivity contribution in [1.82, 2.24) is 0 Å². The topological polar surface area (TPSA) is 21.3 Å². The number of hydrogen-bond donors (Lipinski definition) is 1. The molecule has 0 aliphatic heterocycles. The van der Waals surface area contributed by atoms with Crippen molar-refractivity contribution >= 4 is 17.3 Å². The molecule has 88 valence electrons. The average molecular weight is 240 g/mol. The lowest BCUT2D eigenvalue weighted by atomic mass is 10.1. The van der Waals surface area contributed by atoms with E-state index in [9.17, 15) is 0 Å². The summed E-state index contributed by atoms with van der Waals surface area (Å²) in [6.07, 6.45) is 4.01. The van der Waals surface area contributed by atoms with Gasteiger partial charge in [0.25, 0.3) is 0 Å². The van der Waals surface area contributed by atoms with Gasteiger partial charge in [-0.25, -0.2) is 0 Å². The van der Waals surface area contributed by atoms with Crippen LogP contribution in [0.1, 0.15) is 26.2 Å². The number of hydrogen-bond acceptors (Lipinski definition) is 2. The molecule has 1 aliphatic rings. The van der Waals surface area contributed by atoms with E-state index in [0.29, 0.717) is 11.1 Å². The monoisotopic (exact) mass is 239 g/mol. The number of rotatable bonds is 5. The van der Waals surface area contributed by atoms with E-state index in [0.717, 1.165) is 17.4 Å². The van der Waals surface area contributed by atoms with Crippen LogP contribution >= 0.6 is 11.6 Å². The van der Waals surface area contributed by atoms with E-state index in [1.807, 2.05) is 18.2 Å². The first kappa shape index (κ1) is 11.6. The van der Waals surface area contributed by atoms with Crippen molar-refractivity contribution in [3.8, 4) is 5.75 Å². The van der Waals surface area contributed by atoms with Crippen LogP contribution in [-0.4, -0.2) is 13.2 Å². The maximum Gasteiger partial charge on any atom is 0.160 e. The van der Waals surface area contributed by atoms with Crippen LogP contribution in [0.15, 0.2) is 18.2 Å². The van der Waals surface area contributed by atoms with Gasteiger partial charge in [-0.15, -0.1) is 0 Å². The molecule has 0 amide bonds. The first-order chi connectivity index (χ1) is 7.70. The van der Waals surface area contributed by atoms with E-state index in [1.165, 1.54) is 19.3 Å². The third-order valence-electron chi connectivity index (χ3n) is 2.96. The summed E-state index contributed by atoms with van der Waals surface area (Å²) < 4.78 is 5.30. The van der Waals surface area contributed by atoms with E-state index in [-0.39, 0.29) is 0 Å². The molecule has 1 atom stereocenters. The quantitative estimate of drug-likeness (QED) is 0.840. The highest BCUT2D eigenvalue weighted by molar-refractivity contribution is 6.32. The van der Waals surface area contributed by atoms with Crippen molar-refractivity contribution in [1.29, 1.82) is 0 Å². The van der Waals surface area contributed by atoms with Crippen LogP contribution in [-0.2, 0) is 0 Å². The fourth-order valence-corrected chi connectivity index (χ4v) is 2.26. The lowest BCUT2D eigenvalue weighted by Crippen LogP contribution is -2.16. The summed E-state index contributed by atoms with van der Waals surface area (Å²) in [5.74, 6) is 1.67. The minimum absolute atomic E-state index is 0.472. The maximum atomic E-state index is 6.07. The lowest BCUT2D eigenvalue weighted by Gasteiger charge is -2.17. The van der Waals surface area contributed by atoms with E-state index >= 15 is 0 Å². The third-order valence-corrected chi connectivity index (χ3v) is 3.25. The Labute approximate surface area is 102 Å². The average Bonchev–Trinajstić information content (AvgIpc) is 3.02. The van der Waals surface area contributed by atoms with Crippen molar-refractivity contribution in [2.24, 2.45) is 5.92 Å².